The molecule has 1 unspecified atom stereocenters. The first kappa shape index (κ1) is 16.3. The summed E-state index contributed by atoms with van der Waals surface area (Å²) in [7, 11) is -2.05. The van der Waals surface area contributed by atoms with E-state index in [0.29, 0.717) is 18.2 Å². The number of benzene rings is 1. The molecule has 0 aliphatic carbocycles. The van der Waals surface area contributed by atoms with Crippen molar-refractivity contribution >= 4 is 10.0 Å². The van der Waals surface area contributed by atoms with Crippen LogP contribution in [0, 0.1) is 19.8 Å². The monoisotopic (exact) mass is 312 g/mol. The van der Waals surface area contributed by atoms with Gasteiger partial charge in [-0.25, -0.2) is 13.1 Å². The topological polar surface area (TPSA) is 67.4 Å². The van der Waals surface area contributed by atoms with Gasteiger partial charge in [-0.3, -0.25) is 0 Å². The minimum atomic E-state index is -3.55. The third kappa shape index (κ3) is 3.96. The van der Waals surface area contributed by atoms with Crippen molar-refractivity contribution < 1.29 is 13.2 Å². The Labute approximate surface area is 127 Å². The van der Waals surface area contributed by atoms with Crippen LogP contribution in [-0.2, 0) is 10.0 Å². The Hall–Kier alpha value is -1.11. The van der Waals surface area contributed by atoms with Crippen molar-refractivity contribution in [1.29, 1.82) is 0 Å². The summed E-state index contributed by atoms with van der Waals surface area (Å²) in [4.78, 5) is 0.228. The average molecular weight is 312 g/mol. The highest BCUT2D eigenvalue weighted by Crippen LogP contribution is 2.29. The molecule has 1 heterocycles. The van der Waals surface area contributed by atoms with Crippen LogP contribution in [0.1, 0.15) is 24.0 Å². The van der Waals surface area contributed by atoms with Crippen molar-refractivity contribution in [1.82, 2.24) is 10.0 Å². The molecule has 0 spiro atoms. The Morgan fingerprint density at radius 1 is 1.38 bits per heavy atom. The SMILES string of the molecule is COc1c(C)cc(C)cc1S(=O)(=O)NCC1CCCNC1. The number of nitrogens with one attached hydrogen (secondary N) is 2. The van der Waals surface area contributed by atoms with E-state index in [2.05, 4.69) is 10.0 Å². The first-order chi connectivity index (χ1) is 9.94. The largest absolute Gasteiger partial charge is 0.495 e. The van der Waals surface area contributed by atoms with Gasteiger partial charge >= 0.3 is 0 Å². The van der Waals surface area contributed by atoms with Gasteiger partial charge in [-0.05, 0) is 62.9 Å². The molecule has 0 amide bonds. The zero-order valence-corrected chi connectivity index (χ0v) is 13.7. The standard InChI is InChI=1S/C15H24N2O3S/c1-11-7-12(2)15(20-3)14(8-11)21(18,19)17-10-13-5-4-6-16-9-13/h7-8,13,16-17H,4-6,9-10H2,1-3H3. The third-order valence-corrected chi connectivity index (χ3v) is 5.27. The molecule has 21 heavy (non-hydrogen) atoms. The highest BCUT2D eigenvalue weighted by molar-refractivity contribution is 7.89. The number of aryl methyl sites for hydroxylation is 2. The Kier molecular flexibility index (Phi) is 5.24. The van der Waals surface area contributed by atoms with Crippen LogP contribution in [0.15, 0.2) is 17.0 Å². The minimum absolute atomic E-state index is 0.228. The van der Waals surface area contributed by atoms with Crippen LogP contribution in [0.25, 0.3) is 0 Å². The first-order valence-electron chi connectivity index (χ1n) is 7.29. The minimum Gasteiger partial charge on any atom is -0.495 e. The molecule has 5 nitrogen and oxygen atoms in total. The Morgan fingerprint density at radius 2 is 2.14 bits per heavy atom. The zero-order valence-electron chi connectivity index (χ0n) is 12.9. The normalized spacial score (nSPS) is 19.5. The Bertz CT molecular complexity index is 593. The fraction of sp³-hybridized carbons (Fsp3) is 0.600. The number of piperidine rings is 1. The highest BCUT2D eigenvalue weighted by Gasteiger charge is 2.23. The second kappa shape index (κ2) is 6.77. The van der Waals surface area contributed by atoms with E-state index in [4.69, 9.17) is 4.74 Å². The van der Waals surface area contributed by atoms with Gasteiger partial charge in [-0.1, -0.05) is 6.07 Å². The predicted octanol–water partition coefficient (Wildman–Crippen LogP) is 1.59. The summed E-state index contributed by atoms with van der Waals surface area (Å²) < 4.78 is 33.1. The van der Waals surface area contributed by atoms with Gasteiger partial charge in [0.1, 0.15) is 10.6 Å². The van der Waals surface area contributed by atoms with Gasteiger partial charge in [0.2, 0.25) is 10.0 Å². The highest BCUT2D eigenvalue weighted by atomic mass is 32.2. The van der Waals surface area contributed by atoms with E-state index in [1.165, 1.54) is 7.11 Å². The summed E-state index contributed by atoms with van der Waals surface area (Å²) >= 11 is 0. The van der Waals surface area contributed by atoms with Crippen molar-refractivity contribution in [2.45, 2.75) is 31.6 Å². The van der Waals surface area contributed by atoms with E-state index < -0.39 is 10.0 Å². The van der Waals surface area contributed by atoms with Gasteiger partial charge in [-0.2, -0.15) is 0 Å². The van der Waals surface area contributed by atoms with E-state index in [-0.39, 0.29) is 4.90 Å². The fourth-order valence-electron chi connectivity index (χ4n) is 2.78. The molecule has 1 atom stereocenters. The van der Waals surface area contributed by atoms with E-state index in [0.717, 1.165) is 37.1 Å². The van der Waals surface area contributed by atoms with E-state index >= 15 is 0 Å². The van der Waals surface area contributed by atoms with Crippen molar-refractivity contribution in [3.05, 3.63) is 23.3 Å². The molecule has 1 fully saturated rings. The number of methoxy groups -OCH3 is 1. The summed E-state index contributed by atoms with van der Waals surface area (Å²) in [6.45, 7) is 6.10. The molecule has 118 valence electrons. The summed E-state index contributed by atoms with van der Waals surface area (Å²) in [5, 5.41) is 3.29. The number of sulfonamides is 1. The van der Waals surface area contributed by atoms with Crippen LogP contribution in [-0.4, -0.2) is 35.2 Å². The maximum atomic E-state index is 12.5. The van der Waals surface area contributed by atoms with Gasteiger partial charge in [0.15, 0.2) is 0 Å². The van der Waals surface area contributed by atoms with Crippen molar-refractivity contribution in [3.8, 4) is 5.75 Å². The molecule has 0 bridgehead atoms. The third-order valence-electron chi connectivity index (χ3n) is 3.84. The van der Waals surface area contributed by atoms with E-state index in [9.17, 15) is 8.42 Å². The lowest BCUT2D eigenvalue weighted by atomic mass is 10.0. The molecule has 0 aromatic heterocycles. The quantitative estimate of drug-likeness (QED) is 0.866. The Balaban J connectivity index is 2.18. The number of hydrogen-bond donors (Lipinski definition) is 2. The average Bonchev–Trinajstić information content (AvgIpc) is 2.46. The van der Waals surface area contributed by atoms with Crippen LogP contribution in [0.3, 0.4) is 0 Å². The van der Waals surface area contributed by atoms with Crippen LogP contribution in [0.4, 0.5) is 0 Å². The van der Waals surface area contributed by atoms with Gasteiger partial charge in [0.05, 0.1) is 7.11 Å². The molecule has 0 saturated carbocycles. The van der Waals surface area contributed by atoms with Crippen LogP contribution in [0.5, 0.6) is 5.75 Å². The molecule has 1 aliphatic rings. The molecule has 1 aromatic carbocycles. The lowest BCUT2D eigenvalue weighted by Crippen LogP contribution is -2.38. The number of hydrogen-bond acceptors (Lipinski definition) is 4. The van der Waals surface area contributed by atoms with Crippen LogP contribution >= 0.6 is 0 Å². The van der Waals surface area contributed by atoms with E-state index in [1.807, 2.05) is 19.9 Å². The molecular weight excluding hydrogens is 288 g/mol. The maximum Gasteiger partial charge on any atom is 0.244 e. The van der Waals surface area contributed by atoms with Crippen molar-refractivity contribution in [3.63, 3.8) is 0 Å². The van der Waals surface area contributed by atoms with Crippen LogP contribution < -0.4 is 14.8 Å². The molecule has 1 aromatic rings. The number of rotatable bonds is 5. The molecule has 1 aliphatic heterocycles. The summed E-state index contributed by atoms with van der Waals surface area (Å²) in [6.07, 6.45) is 2.15. The van der Waals surface area contributed by atoms with Gasteiger partial charge in [0, 0.05) is 6.54 Å². The zero-order chi connectivity index (χ0) is 15.5. The van der Waals surface area contributed by atoms with Gasteiger partial charge in [0.25, 0.3) is 0 Å². The van der Waals surface area contributed by atoms with Crippen molar-refractivity contribution in [2.75, 3.05) is 26.7 Å². The molecule has 2 N–H and O–H groups in total. The van der Waals surface area contributed by atoms with Gasteiger partial charge < -0.3 is 10.1 Å². The first-order valence-corrected chi connectivity index (χ1v) is 8.78. The molecule has 2 rings (SSSR count). The number of ether oxygens (including phenoxy) is 1. The molecular formula is C15H24N2O3S. The molecule has 0 radical (unpaired) electrons. The lowest BCUT2D eigenvalue weighted by molar-refractivity contribution is 0.374. The maximum absolute atomic E-state index is 12.5. The van der Waals surface area contributed by atoms with Gasteiger partial charge in [-0.15, -0.1) is 0 Å². The summed E-state index contributed by atoms with van der Waals surface area (Å²) in [6, 6.07) is 3.58. The molecule has 6 heteroatoms. The second-order valence-corrected chi connectivity index (χ2v) is 7.41. The second-order valence-electron chi connectivity index (χ2n) is 5.68. The summed E-state index contributed by atoms with van der Waals surface area (Å²) in [5.41, 5.74) is 1.74. The lowest BCUT2D eigenvalue weighted by Gasteiger charge is -2.23. The van der Waals surface area contributed by atoms with Crippen LogP contribution in [0.2, 0.25) is 0 Å². The smallest absolute Gasteiger partial charge is 0.244 e. The van der Waals surface area contributed by atoms with E-state index in [1.54, 1.807) is 6.07 Å². The fourth-order valence-corrected chi connectivity index (χ4v) is 4.22. The summed E-state index contributed by atoms with van der Waals surface area (Å²) in [5.74, 6) is 0.778. The predicted molar refractivity (Wildman–Crippen MR) is 83.3 cm³/mol. The molecule has 1 saturated heterocycles. The van der Waals surface area contributed by atoms with Crippen molar-refractivity contribution in [2.24, 2.45) is 5.92 Å². The Morgan fingerprint density at radius 3 is 2.76 bits per heavy atom.